The number of hydrogen-bond donors (Lipinski definition) is 1. The van der Waals surface area contributed by atoms with Crippen molar-refractivity contribution in [3.05, 3.63) is 0 Å². The summed E-state index contributed by atoms with van der Waals surface area (Å²) in [7, 11) is -3.76. The van der Waals surface area contributed by atoms with Gasteiger partial charge in [-0.3, -0.25) is 4.55 Å². The Morgan fingerprint density at radius 1 is 1.10 bits per heavy atom. The Morgan fingerprint density at radius 2 is 1.90 bits per heavy atom. The Labute approximate surface area is 122 Å². The molecule has 4 bridgehead atoms. The summed E-state index contributed by atoms with van der Waals surface area (Å²) in [6.07, 6.45) is 11.7. The highest BCUT2D eigenvalue weighted by Gasteiger charge is 2.64. The molecule has 0 saturated heterocycles. The van der Waals surface area contributed by atoms with E-state index >= 15 is 0 Å². The number of fused-ring (bicyclic) bond motifs is 2. The molecule has 20 heavy (non-hydrogen) atoms. The maximum absolute atomic E-state index is 10.9. The van der Waals surface area contributed by atoms with Crippen molar-refractivity contribution in [2.45, 2.75) is 57.8 Å². The molecular weight excluding hydrogens is 272 g/mol. The smallest absolute Gasteiger partial charge is 0.264 e. The Morgan fingerprint density at radius 3 is 2.70 bits per heavy atom. The van der Waals surface area contributed by atoms with Crippen LogP contribution in [0.2, 0.25) is 0 Å². The van der Waals surface area contributed by atoms with Crippen molar-refractivity contribution < 1.29 is 13.0 Å². The largest absolute Gasteiger partial charge is 0.286 e. The van der Waals surface area contributed by atoms with E-state index in [4.69, 9.17) is 4.55 Å². The summed E-state index contributed by atoms with van der Waals surface area (Å²) < 4.78 is 30.6. The lowest BCUT2D eigenvalue weighted by Gasteiger charge is -2.47. The fourth-order valence-corrected chi connectivity index (χ4v) is 7.49. The molecule has 0 aromatic rings. The highest BCUT2D eigenvalue weighted by atomic mass is 32.2. The highest BCUT2D eigenvalue weighted by Crippen LogP contribution is 2.73. The minimum absolute atomic E-state index is 0.0450. The first kappa shape index (κ1) is 13.6. The third kappa shape index (κ3) is 1.98. The molecule has 4 aliphatic carbocycles. The molecule has 4 fully saturated rings. The molecule has 4 saturated carbocycles. The second-order valence-electron chi connectivity index (χ2n) is 8.06. The fraction of sp³-hybridized carbons (Fsp3) is 1.00. The Bertz CT molecular complexity index is 500. The van der Waals surface area contributed by atoms with E-state index in [0.717, 1.165) is 36.0 Å². The van der Waals surface area contributed by atoms with E-state index in [1.165, 1.54) is 44.9 Å². The van der Waals surface area contributed by atoms with E-state index in [1.807, 2.05) is 0 Å². The molecule has 0 aliphatic heterocycles. The SMILES string of the molecule is O=S(=O)(O)CCCC1CC2CCC3(C1)C1CCC(C1)C23. The van der Waals surface area contributed by atoms with E-state index in [0.29, 0.717) is 11.8 Å². The molecule has 0 radical (unpaired) electrons. The van der Waals surface area contributed by atoms with Gasteiger partial charge >= 0.3 is 0 Å². The lowest BCUT2D eigenvalue weighted by Crippen LogP contribution is -2.40. The monoisotopic (exact) mass is 298 g/mol. The van der Waals surface area contributed by atoms with Crippen LogP contribution in [0.4, 0.5) is 0 Å². The van der Waals surface area contributed by atoms with Crippen LogP contribution in [0, 0.1) is 35.0 Å². The highest BCUT2D eigenvalue weighted by molar-refractivity contribution is 7.85. The van der Waals surface area contributed by atoms with Crippen molar-refractivity contribution in [2.75, 3.05) is 5.75 Å². The third-order valence-corrected chi connectivity index (χ3v) is 8.07. The van der Waals surface area contributed by atoms with E-state index in [1.54, 1.807) is 0 Å². The maximum atomic E-state index is 10.9. The number of rotatable bonds is 4. The normalized spacial score (nSPS) is 49.5. The zero-order valence-corrected chi connectivity index (χ0v) is 12.9. The van der Waals surface area contributed by atoms with Crippen molar-refractivity contribution in [3.63, 3.8) is 0 Å². The molecule has 0 amide bonds. The molecule has 4 aliphatic rings. The molecule has 6 unspecified atom stereocenters. The van der Waals surface area contributed by atoms with E-state index in [9.17, 15) is 8.42 Å². The van der Waals surface area contributed by atoms with Crippen LogP contribution in [0.15, 0.2) is 0 Å². The maximum Gasteiger partial charge on any atom is 0.264 e. The van der Waals surface area contributed by atoms with Gasteiger partial charge < -0.3 is 0 Å². The van der Waals surface area contributed by atoms with Crippen LogP contribution in [0.25, 0.3) is 0 Å². The Hall–Kier alpha value is -0.0900. The van der Waals surface area contributed by atoms with Gasteiger partial charge in [-0.25, -0.2) is 0 Å². The van der Waals surface area contributed by atoms with Gasteiger partial charge in [0.2, 0.25) is 0 Å². The van der Waals surface area contributed by atoms with Crippen LogP contribution in [0.3, 0.4) is 0 Å². The first-order valence-corrected chi connectivity index (χ1v) is 10.0. The predicted octanol–water partition coefficient (Wildman–Crippen LogP) is 3.51. The summed E-state index contributed by atoms with van der Waals surface area (Å²) in [5.41, 5.74) is 0.661. The molecule has 6 atom stereocenters. The molecule has 4 rings (SSSR count). The van der Waals surface area contributed by atoms with Gasteiger partial charge in [-0.05, 0) is 92.8 Å². The van der Waals surface area contributed by atoms with Crippen LogP contribution < -0.4 is 0 Å². The third-order valence-electron chi connectivity index (χ3n) is 7.27. The van der Waals surface area contributed by atoms with Gasteiger partial charge in [-0.2, -0.15) is 8.42 Å². The van der Waals surface area contributed by atoms with Crippen LogP contribution >= 0.6 is 0 Å². The molecule has 4 heteroatoms. The standard InChI is InChI=1S/C16H26O3S/c17-20(18,19)7-1-2-11-8-13-5-6-16(10-11)14-4-3-12(9-14)15(13)16/h11-15H,1-10H2,(H,17,18,19). The molecule has 0 aromatic heterocycles. The molecule has 0 heterocycles. The van der Waals surface area contributed by atoms with E-state index in [2.05, 4.69) is 0 Å². The minimum atomic E-state index is -3.76. The van der Waals surface area contributed by atoms with Crippen molar-refractivity contribution in [3.8, 4) is 0 Å². The molecule has 0 aromatic carbocycles. The topological polar surface area (TPSA) is 54.4 Å². The van der Waals surface area contributed by atoms with Crippen molar-refractivity contribution in [1.29, 1.82) is 0 Å². The van der Waals surface area contributed by atoms with Crippen molar-refractivity contribution >= 4 is 10.1 Å². The van der Waals surface area contributed by atoms with Gasteiger partial charge in [0.1, 0.15) is 0 Å². The first-order valence-electron chi connectivity index (χ1n) is 8.43. The second kappa shape index (κ2) is 4.45. The van der Waals surface area contributed by atoms with Crippen LogP contribution in [0.5, 0.6) is 0 Å². The summed E-state index contributed by atoms with van der Waals surface area (Å²) >= 11 is 0. The Balaban J connectivity index is 1.44. The zero-order valence-electron chi connectivity index (χ0n) is 12.1. The van der Waals surface area contributed by atoms with Crippen molar-refractivity contribution in [1.82, 2.24) is 0 Å². The average Bonchev–Trinajstić information content (AvgIpc) is 2.99. The van der Waals surface area contributed by atoms with Gasteiger partial charge in [0.15, 0.2) is 0 Å². The zero-order chi connectivity index (χ0) is 14.0. The van der Waals surface area contributed by atoms with Gasteiger partial charge in [-0.15, -0.1) is 0 Å². The summed E-state index contributed by atoms with van der Waals surface area (Å²) in [5, 5.41) is 0. The lowest BCUT2D eigenvalue weighted by atomic mass is 9.57. The molecular formula is C16H26O3S. The van der Waals surface area contributed by atoms with Gasteiger partial charge in [-0.1, -0.05) is 0 Å². The quantitative estimate of drug-likeness (QED) is 0.808. The minimum Gasteiger partial charge on any atom is -0.286 e. The van der Waals surface area contributed by atoms with Crippen molar-refractivity contribution in [2.24, 2.45) is 35.0 Å². The second-order valence-corrected chi connectivity index (χ2v) is 9.63. The molecule has 1 N–H and O–H groups in total. The van der Waals surface area contributed by atoms with Crippen LogP contribution in [-0.4, -0.2) is 18.7 Å². The first-order chi connectivity index (χ1) is 9.48. The van der Waals surface area contributed by atoms with Crippen LogP contribution in [0.1, 0.15) is 57.8 Å². The summed E-state index contributed by atoms with van der Waals surface area (Å²) in [4.78, 5) is 0. The van der Waals surface area contributed by atoms with E-state index < -0.39 is 10.1 Å². The van der Waals surface area contributed by atoms with E-state index in [-0.39, 0.29) is 5.75 Å². The molecule has 3 nitrogen and oxygen atoms in total. The lowest BCUT2D eigenvalue weighted by molar-refractivity contribution is 0.0136. The van der Waals surface area contributed by atoms with Gasteiger partial charge in [0.25, 0.3) is 10.1 Å². The van der Waals surface area contributed by atoms with Gasteiger partial charge in [0.05, 0.1) is 5.75 Å². The Kier molecular flexibility index (Phi) is 3.02. The average molecular weight is 298 g/mol. The van der Waals surface area contributed by atoms with Gasteiger partial charge in [0, 0.05) is 0 Å². The van der Waals surface area contributed by atoms with Crippen LogP contribution in [-0.2, 0) is 10.1 Å². The summed E-state index contributed by atoms with van der Waals surface area (Å²) in [6.45, 7) is 0. The summed E-state index contributed by atoms with van der Waals surface area (Å²) in [6, 6.07) is 0. The summed E-state index contributed by atoms with van der Waals surface area (Å²) in [5.74, 6) is 4.67. The predicted molar refractivity (Wildman–Crippen MR) is 77.9 cm³/mol. The fourth-order valence-electron chi connectivity index (χ4n) is 6.96. The molecule has 0 spiro atoms. The molecule has 114 valence electrons. The number of hydrogen-bond acceptors (Lipinski definition) is 2.